The van der Waals surface area contributed by atoms with E-state index in [1.54, 1.807) is 0 Å². The lowest BCUT2D eigenvalue weighted by Gasteiger charge is -2.24. The third-order valence-corrected chi connectivity index (χ3v) is 6.45. The van der Waals surface area contributed by atoms with E-state index in [-0.39, 0.29) is 44.2 Å². The number of hydrogen-bond donors (Lipinski definition) is 0. The first-order valence-corrected chi connectivity index (χ1v) is 10.5. The molecule has 7 nitrogen and oxygen atoms in total. The zero-order valence-electron chi connectivity index (χ0n) is 16.1. The van der Waals surface area contributed by atoms with E-state index in [0.717, 1.165) is 41.8 Å². The van der Waals surface area contributed by atoms with E-state index in [1.807, 2.05) is 13.8 Å². The summed E-state index contributed by atoms with van der Waals surface area (Å²) in [6, 6.07) is 4.58. The molecule has 0 aliphatic rings. The van der Waals surface area contributed by atoms with Crippen LogP contribution in [0.4, 0.5) is 18.9 Å². The first kappa shape index (κ1) is 24.1. The van der Waals surface area contributed by atoms with E-state index >= 15 is 0 Å². The van der Waals surface area contributed by atoms with Gasteiger partial charge < -0.3 is 4.90 Å². The summed E-state index contributed by atoms with van der Waals surface area (Å²) in [6.07, 6.45) is 0. The molecular weight excluding hydrogens is 458 g/mol. The van der Waals surface area contributed by atoms with Crippen LogP contribution in [-0.2, 0) is 0 Å². The molecule has 0 spiro atoms. The number of halogens is 3. The van der Waals surface area contributed by atoms with E-state index < -0.39 is 22.5 Å². The minimum Gasteiger partial charge on any atom is -0.302 e. The fraction of sp³-hybridized carbons (Fsp3) is 0.333. The van der Waals surface area contributed by atoms with Crippen molar-refractivity contribution in [3.8, 4) is 0 Å². The van der Waals surface area contributed by atoms with Crippen molar-refractivity contribution < 1.29 is 18.5 Å². The molecule has 1 aromatic carbocycles. The Kier molecular flexibility index (Phi) is 8.18. The Morgan fingerprint density at radius 3 is 2.47 bits per heavy atom. The monoisotopic (exact) mass is 476 g/mol. The second-order valence-electron chi connectivity index (χ2n) is 6.11. The van der Waals surface area contributed by atoms with E-state index in [9.17, 15) is 23.7 Å². The smallest absolute Gasteiger partial charge is 0.302 e. The van der Waals surface area contributed by atoms with Gasteiger partial charge in [-0.1, -0.05) is 36.5 Å². The summed E-state index contributed by atoms with van der Waals surface area (Å²) in [4.78, 5) is 31.3. The van der Waals surface area contributed by atoms with Gasteiger partial charge in [-0.05, 0) is 25.2 Å². The lowest BCUT2D eigenvalue weighted by atomic mass is 10.3. The predicted octanol–water partition coefficient (Wildman–Crippen LogP) is 4.95. The summed E-state index contributed by atoms with van der Waals surface area (Å²) in [6.45, 7) is 6.35. The molecule has 2 heterocycles. The number of aromatic nitrogens is 1. The van der Waals surface area contributed by atoms with Gasteiger partial charge in [-0.2, -0.15) is 0 Å². The standard InChI is InChI=1S/C18H18F2N4O3S2.ClH/c1-3-22(4-2)7-8-23(17(25)13-5-6-15(28-13)24(26)27)18-21-16-12(20)9-11(19)10-14(16)29-18;/h5-6,9-10H,3-4,7-8H2,1-2H3;1H. The van der Waals surface area contributed by atoms with Gasteiger partial charge in [-0.15, -0.1) is 12.4 Å². The number of anilines is 1. The average Bonchev–Trinajstić information content (AvgIpc) is 3.32. The SMILES string of the molecule is CCN(CC)CCN(C(=O)c1ccc([N+](=O)[O-])s1)c1nc2c(F)cc(F)cc2s1.Cl. The summed E-state index contributed by atoms with van der Waals surface area (Å²) < 4.78 is 27.9. The number of rotatable bonds is 8. The summed E-state index contributed by atoms with van der Waals surface area (Å²) in [7, 11) is 0. The third kappa shape index (κ3) is 5.09. The average molecular weight is 477 g/mol. The van der Waals surface area contributed by atoms with Gasteiger partial charge >= 0.3 is 5.00 Å². The molecule has 0 aliphatic carbocycles. The number of carbonyl (C=O) groups is 1. The largest absolute Gasteiger partial charge is 0.324 e. The van der Waals surface area contributed by atoms with Gasteiger partial charge in [0, 0.05) is 25.2 Å². The highest BCUT2D eigenvalue weighted by atomic mass is 35.5. The maximum atomic E-state index is 14.1. The molecule has 0 N–H and O–H groups in total. The van der Waals surface area contributed by atoms with Crippen molar-refractivity contribution in [3.05, 3.63) is 50.9 Å². The third-order valence-electron chi connectivity index (χ3n) is 4.39. The molecule has 0 bridgehead atoms. The van der Waals surface area contributed by atoms with Gasteiger partial charge in [0.05, 0.1) is 14.5 Å². The first-order valence-electron chi connectivity index (χ1n) is 8.88. The number of thiazole rings is 1. The lowest BCUT2D eigenvalue weighted by Crippen LogP contribution is -2.38. The number of nitrogens with zero attached hydrogens (tertiary/aromatic N) is 4. The Morgan fingerprint density at radius 2 is 1.87 bits per heavy atom. The van der Waals surface area contributed by atoms with Crippen molar-refractivity contribution >= 4 is 61.3 Å². The highest BCUT2D eigenvalue weighted by molar-refractivity contribution is 7.22. The Labute approximate surface area is 185 Å². The Morgan fingerprint density at radius 1 is 1.17 bits per heavy atom. The molecule has 1 amide bonds. The van der Waals surface area contributed by atoms with E-state index in [4.69, 9.17) is 0 Å². The van der Waals surface area contributed by atoms with Crippen LogP contribution in [0.25, 0.3) is 10.2 Å². The van der Waals surface area contributed by atoms with Crippen molar-refractivity contribution in [1.29, 1.82) is 0 Å². The molecule has 0 radical (unpaired) electrons. The Balaban J connectivity index is 0.00000320. The van der Waals surface area contributed by atoms with Crippen LogP contribution in [0.3, 0.4) is 0 Å². The number of carbonyl (C=O) groups excluding carboxylic acids is 1. The highest BCUT2D eigenvalue weighted by Gasteiger charge is 2.25. The van der Waals surface area contributed by atoms with Crippen molar-refractivity contribution in [3.63, 3.8) is 0 Å². The van der Waals surface area contributed by atoms with Gasteiger partial charge in [0.1, 0.15) is 11.3 Å². The summed E-state index contributed by atoms with van der Waals surface area (Å²) in [5.74, 6) is -1.99. The van der Waals surface area contributed by atoms with Crippen LogP contribution in [-0.4, -0.2) is 46.9 Å². The molecule has 0 unspecified atom stereocenters. The molecule has 0 saturated carbocycles. The first-order chi connectivity index (χ1) is 13.8. The van der Waals surface area contributed by atoms with Crippen LogP contribution in [0.15, 0.2) is 24.3 Å². The molecular formula is C18H19ClF2N4O3S2. The van der Waals surface area contributed by atoms with Crippen LogP contribution < -0.4 is 4.90 Å². The molecule has 30 heavy (non-hydrogen) atoms. The molecule has 0 saturated heterocycles. The molecule has 2 aromatic heterocycles. The van der Waals surface area contributed by atoms with E-state index in [0.29, 0.717) is 6.54 Å². The summed E-state index contributed by atoms with van der Waals surface area (Å²) in [5, 5.41) is 11.0. The number of benzene rings is 1. The van der Waals surface area contributed by atoms with E-state index in [2.05, 4.69) is 9.88 Å². The van der Waals surface area contributed by atoms with Gasteiger partial charge in [0.25, 0.3) is 5.91 Å². The zero-order chi connectivity index (χ0) is 21.1. The molecule has 0 aliphatic heterocycles. The quantitative estimate of drug-likeness (QED) is 0.339. The summed E-state index contributed by atoms with van der Waals surface area (Å²) in [5.41, 5.74) is -0.0100. The van der Waals surface area contributed by atoms with Crippen LogP contribution in [0, 0.1) is 21.7 Å². The molecule has 12 heteroatoms. The highest BCUT2D eigenvalue weighted by Crippen LogP contribution is 2.33. The second-order valence-corrected chi connectivity index (χ2v) is 8.18. The minimum atomic E-state index is -0.801. The van der Waals surface area contributed by atoms with Crippen LogP contribution in [0.5, 0.6) is 0 Å². The Bertz CT molecular complexity index is 1060. The molecule has 162 valence electrons. The number of amides is 1. The fourth-order valence-electron chi connectivity index (χ4n) is 2.80. The number of thiophene rings is 1. The zero-order valence-corrected chi connectivity index (χ0v) is 18.6. The Hall–Kier alpha value is -2.21. The van der Waals surface area contributed by atoms with Crippen LogP contribution in [0.2, 0.25) is 0 Å². The van der Waals surface area contributed by atoms with Crippen molar-refractivity contribution in [2.75, 3.05) is 31.1 Å². The second kappa shape index (κ2) is 10.2. The van der Waals surface area contributed by atoms with Crippen LogP contribution in [0.1, 0.15) is 23.5 Å². The van der Waals surface area contributed by atoms with Gasteiger partial charge in [-0.25, -0.2) is 13.8 Å². The van der Waals surface area contributed by atoms with Crippen molar-refractivity contribution in [2.45, 2.75) is 13.8 Å². The minimum absolute atomic E-state index is 0. The normalized spacial score (nSPS) is 11.0. The predicted molar refractivity (Wildman–Crippen MR) is 117 cm³/mol. The van der Waals surface area contributed by atoms with Crippen molar-refractivity contribution in [2.24, 2.45) is 0 Å². The fourth-order valence-corrected chi connectivity index (χ4v) is 4.60. The van der Waals surface area contributed by atoms with Crippen LogP contribution >= 0.6 is 35.1 Å². The maximum absolute atomic E-state index is 14.1. The van der Waals surface area contributed by atoms with Gasteiger partial charge in [-0.3, -0.25) is 19.8 Å². The topological polar surface area (TPSA) is 79.6 Å². The number of fused-ring (bicyclic) bond motifs is 1. The molecule has 3 aromatic rings. The summed E-state index contributed by atoms with van der Waals surface area (Å²) >= 11 is 1.77. The molecule has 3 rings (SSSR count). The molecule has 0 fully saturated rings. The van der Waals surface area contributed by atoms with E-state index in [1.165, 1.54) is 23.1 Å². The van der Waals surface area contributed by atoms with Gasteiger partial charge in [0.15, 0.2) is 10.9 Å². The lowest BCUT2D eigenvalue weighted by molar-refractivity contribution is -0.380. The maximum Gasteiger partial charge on any atom is 0.324 e. The number of likely N-dealkylation sites (N-methyl/N-ethyl adjacent to an activating group) is 1. The number of nitro groups is 1. The number of hydrogen-bond acceptors (Lipinski definition) is 7. The van der Waals surface area contributed by atoms with Crippen molar-refractivity contribution in [1.82, 2.24) is 9.88 Å². The van der Waals surface area contributed by atoms with Gasteiger partial charge in [0.2, 0.25) is 0 Å². The molecule has 0 atom stereocenters.